The van der Waals surface area contributed by atoms with Crippen LogP contribution in [0.2, 0.25) is 0 Å². The van der Waals surface area contributed by atoms with Crippen molar-refractivity contribution in [3.63, 3.8) is 0 Å². The molecule has 1 N–H and O–H groups in total. The van der Waals surface area contributed by atoms with Crippen LogP contribution in [0, 0.1) is 5.41 Å². The predicted octanol–water partition coefficient (Wildman–Crippen LogP) is 2.28. The highest BCUT2D eigenvalue weighted by Gasteiger charge is 2.33. The first-order valence-electron chi connectivity index (χ1n) is 6.33. The van der Waals surface area contributed by atoms with Crippen molar-refractivity contribution in [1.29, 1.82) is 0 Å². The summed E-state index contributed by atoms with van der Waals surface area (Å²) in [5.74, 6) is -0.870. The zero-order chi connectivity index (χ0) is 13.1. The van der Waals surface area contributed by atoms with E-state index in [-0.39, 0.29) is 11.3 Å². The number of nitrogens with zero attached hydrogens (tertiary/aromatic N) is 1. The van der Waals surface area contributed by atoms with Crippen LogP contribution < -0.4 is 0 Å². The predicted molar refractivity (Wildman–Crippen MR) is 65.7 cm³/mol. The molecule has 1 amide bonds. The highest BCUT2D eigenvalue weighted by molar-refractivity contribution is 5.84. The molecule has 1 saturated heterocycles. The lowest BCUT2D eigenvalue weighted by Gasteiger charge is -2.23. The highest BCUT2D eigenvalue weighted by atomic mass is 16.4. The molecule has 1 fully saturated rings. The second-order valence-corrected chi connectivity index (χ2v) is 6.00. The van der Waals surface area contributed by atoms with Crippen LogP contribution in [0.4, 0.5) is 0 Å². The van der Waals surface area contributed by atoms with Gasteiger partial charge in [0.2, 0.25) is 5.91 Å². The van der Waals surface area contributed by atoms with E-state index >= 15 is 0 Å². The van der Waals surface area contributed by atoms with E-state index in [1.807, 2.05) is 0 Å². The minimum Gasteiger partial charge on any atom is -0.480 e. The molecule has 4 nitrogen and oxygen atoms in total. The van der Waals surface area contributed by atoms with Gasteiger partial charge in [-0.2, -0.15) is 0 Å². The Balaban J connectivity index is 2.40. The van der Waals surface area contributed by atoms with Gasteiger partial charge in [-0.25, -0.2) is 4.79 Å². The molecule has 0 bridgehead atoms. The van der Waals surface area contributed by atoms with Gasteiger partial charge in [0.15, 0.2) is 0 Å². The van der Waals surface area contributed by atoms with Gasteiger partial charge in [-0.1, -0.05) is 20.8 Å². The van der Waals surface area contributed by atoms with Gasteiger partial charge in [0.05, 0.1) is 0 Å². The van der Waals surface area contributed by atoms with E-state index in [9.17, 15) is 9.59 Å². The number of hydrogen-bond donors (Lipinski definition) is 1. The summed E-state index contributed by atoms with van der Waals surface area (Å²) in [6.45, 7) is 7.04. The fraction of sp³-hybridized carbons (Fsp3) is 0.846. The molecule has 4 heteroatoms. The first-order chi connectivity index (χ1) is 7.81. The number of rotatable bonds is 4. The van der Waals surface area contributed by atoms with Crippen LogP contribution in [0.15, 0.2) is 0 Å². The van der Waals surface area contributed by atoms with Gasteiger partial charge in [-0.3, -0.25) is 4.79 Å². The maximum Gasteiger partial charge on any atom is 0.326 e. The first-order valence-corrected chi connectivity index (χ1v) is 6.33. The number of carbonyl (C=O) groups is 2. The van der Waals surface area contributed by atoms with E-state index in [0.717, 1.165) is 19.3 Å². The molecule has 1 rings (SSSR count). The SMILES string of the molecule is CC(C)(C)CCCC(=O)N1CCC[C@H]1C(=O)O. The monoisotopic (exact) mass is 241 g/mol. The highest BCUT2D eigenvalue weighted by Crippen LogP contribution is 2.23. The van der Waals surface area contributed by atoms with Gasteiger partial charge in [0, 0.05) is 13.0 Å². The van der Waals surface area contributed by atoms with Crippen molar-refractivity contribution in [2.75, 3.05) is 6.54 Å². The Morgan fingerprint density at radius 3 is 2.53 bits per heavy atom. The van der Waals surface area contributed by atoms with Crippen molar-refractivity contribution in [2.45, 2.75) is 58.9 Å². The lowest BCUT2D eigenvalue weighted by Crippen LogP contribution is -2.40. The van der Waals surface area contributed by atoms with Crippen LogP contribution in [0.3, 0.4) is 0 Å². The van der Waals surface area contributed by atoms with E-state index in [0.29, 0.717) is 19.4 Å². The van der Waals surface area contributed by atoms with Crippen molar-refractivity contribution in [3.05, 3.63) is 0 Å². The molecule has 0 unspecified atom stereocenters. The zero-order valence-electron chi connectivity index (χ0n) is 11.0. The number of carbonyl (C=O) groups excluding carboxylic acids is 1. The summed E-state index contributed by atoms with van der Waals surface area (Å²) in [5, 5.41) is 8.99. The summed E-state index contributed by atoms with van der Waals surface area (Å²) in [6.07, 6.45) is 3.71. The molecular formula is C13H23NO3. The summed E-state index contributed by atoms with van der Waals surface area (Å²) in [5.41, 5.74) is 0.234. The maximum atomic E-state index is 11.9. The van der Waals surface area contributed by atoms with Gasteiger partial charge in [-0.15, -0.1) is 0 Å². The van der Waals surface area contributed by atoms with E-state index in [1.54, 1.807) is 0 Å². The van der Waals surface area contributed by atoms with Gasteiger partial charge in [0.1, 0.15) is 6.04 Å². The Hall–Kier alpha value is -1.06. The average Bonchev–Trinajstić information content (AvgIpc) is 2.63. The van der Waals surface area contributed by atoms with Crippen molar-refractivity contribution in [1.82, 2.24) is 4.90 Å². The van der Waals surface area contributed by atoms with Crippen LogP contribution in [-0.4, -0.2) is 34.5 Å². The fourth-order valence-electron chi connectivity index (χ4n) is 2.24. The third kappa shape index (κ3) is 4.36. The number of carboxylic acid groups (broad SMARTS) is 1. The molecule has 0 saturated carbocycles. The first kappa shape index (κ1) is 14.0. The van der Waals surface area contributed by atoms with Crippen molar-refractivity contribution < 1.29 is 14.7 Å². The van der Waals surface area contributed by atoms with Crippen LogP contribution in [-0.2, 0) is 9.59 Å². The Bertz CT molecular complexity index is 294. The van der Waals surface area contributed by atoms with E-state index < -0.39 is 12.0 Å². The quantitative estimate of drug-likeness (QED) is 0.821. The normalized spacial score (nSPS) is 20.6. The molecule has 0 aromatic rings. The van der Waals surface area contributed by atoms with Crippen LogP contribution >= 0.6 is 0 Å². The molecule has 1 aliphatic heterocycles. The minimum absolute atomic E-state index is 0.000787. The van der Waals surface area contributed by atoms with Crippen molar-refractivity contribution in [2.24, 2.45) is 5.41 Å². The van der Waals surface area contributed by atoms with Crippen LogP contribution in [0.1, 0.15) is 52.9 Å². The molecule has 1 heterocycles. The average molecular weight is 241 g/mol. The lowest BCUT2D eigenvalue weighted by molar-refractivity contribution is -0.148. The van der Waals surface area contributed by atoms with E-state index in [4.69, 9.17) is 5.11 Å². The van der Waals surface area contributed by atoms with Gasteiger partial charge in [-0.05, 0) is 31.1 Å². The molecule has 17 heavy (non-hydrogen) atoms. The number of hydrogen-bond acceptors (Lipinski definition) is 2. The number of amides is 1. The van der Waals surface area contributed by atoms with Gasteiger partial charge >= 0.3 is 5.97 Å². The molecule has 98 valence electrons. The second kappa shape index (κ2) is 5.52. The third-order valence-corrected chi connectivity index (χ3v) is 3.18. The Morgan fingerprint density at radius 2 is 2.00 bits per heavy atom. The molecule has 0 spiro atoms. The second-order valence-electron chi connectivity index (χ2n) is 6.00. The summed E-state index contributed by atoms with van der Waals surface area (Å²) in [7, 11) is 0. The molecule has 0 radical (unpaired) electrons. The summed E-state index contributed by atoms with van der Waals surface area (Å²) in [4.78, 5) is 24.4. The standard InChI is InChI=1S/C13H23NO3/c1-13(2,3)8-4-7-11(15)14-9-5-6-10(14)12(16)17/h10H,4-9H2,1-3H3,(H,16,17)/t10-/m0/s1. The molecule has 0 aromatic heterocycles. The lowest BCUT2D eigenvalue weighted by atomic mass is 9.90. The summed E-state index contributed by atoms with van der Waals surface area (Å²) in [6, 6.07) is -0.586. The molecule has 1 atom stereocenters. The topological polar surface area (TPSA) is 57.6 Å². The maximum absolute atomic E-state index is 11.9. The Morgan fingerprint density at radius 1 is 1.35 bits per heavy atom. The molecule has 1 aliphatic rings. The largest absolute Gasteiger partial charge is 0.480 e. The fourth-order valence-corrected chi connectivity index (χ4v) is 2.24. The van der Waals surface area contributed by atoms with E-state index in [2.05, 4.69) is 20.8 Å². The molecule has 0 aromatic carbocycles. The van der Waals surface area contributed by atoms with Gasteiger partial charge in [0.25, 0.3) is 0 Å². The van der Waals surface area contributed by atoms with Gasteiger partial charge < -0.3 is 10.0 Å². The van der Waals surface area contributed by atoms with Crippen LogP contribution in [0.25, 0.3) is 0 Å². The number of aliphatic carboxylic acids is 1. The summed E-state index contributed by atoms with van der Waals surface area (Å²) < 4.78 is 0. The molecule has 0 aliphatic carbocycles. The number of likely N-dealkylation sites (tertiary alicyclic amines) is 1. The minimum atomic E-state index is -0.869. The number of carboxylic acids is 1. The Labute approximate surface area is 103 Å². The van der Waals surface area contributed by atoms with E-state index in [1.165, 1.54) is 4.90 Å². The van der Waals surface area contributed by atoms with Crippen LogP contribution in [0.5, 0.6) is 0 Å². The third-order valence-electron chi connectivity index (χ3n) is 3.18. The molecular weight excluding hydrogens is 218 g/mol. The van der Waals surface area contributed by atoms with Crippen molar-refractivity contribution >= 4 is 11.9 Å². The summed E-state index contributed by atoms with van der Waals surface area (Å²) >= 11 is 0. The smallest absolute Gasteiger partial charge is 0.326 e. The Kier molecular flexibility index (Phi) is 4.54. The zero-order valence-corrected chi connectivity index (χ0v) is 11.0. The van der Waals surface area contributed by atoms with Crippen molar-refractivity contribution in [3.8, 4) is 0 Å².